The molecule has 0 aromatic heterocycles. The molecular weight excluding hydrogens is 366 g/mol. The molecule has 0 aliphatic heterocycles. The van der Waals surface area contributed by atoms with E-state index in [0.29, 0.717) is 11.3 Å². The minimum Gasteiger partial charge on any atom is -0.349 e. The quantitative estimate of drug-likeness (QED) is 0.674. The molecule has 0 spiro atoms. The molecule has 1 atom stereocenters. The lowest BCUT2D eigenvalue weighted by molar-refractivity contribution is -0.120. The highest BCUT2D eigenvalue weighted by Gasteiger charge is 2.19. The highest BCUT2D eigenvalue weighted by Crippen LogP contribution is 2.22. The molecule has 144 valence electrons. The Balaban J connectivity index is 2.18. The summed E-state index contributed by atoms with van der Waals surface area (Å²) in [6.45, 7) is 3.07. The minimum atomic E-state index is -3.63. The Morgan fingerprint density at radius 3 is 2.33 bits per heavy atom. The van der Waals surface area contributed by atoms with Crippen LogP contribution in [0.15, 0.2) is 53.4 Å². The van der Waals surface area contributed by atoms with E-state index in [4.69, 9.17) is 0 Å². The largest absolute Gasteiger partial charge is 0.349 e. The first-order chi connectivity index (χ1) is 12.7. The van der Waals surface area contributed by atoms with E-state index in [1.165, 1.54) is 20.0 Å². The van der Waals surface area contributed by atoms with Gasteiger partial charge in [-0.3, -0.25) is 9.59 Å². The summed E-state index contributed by atoms with van der Waals surface area (Å²) in [6.07, 6.45) is 0.0194. The smallest absolute Gasteiger partial charge is 0.240 e. The number of rotatable bonds is 7. The Bertz CT molecular complexity index is 927. The van der Waals surface area contributed by atoms with Crippen molar-refractivity contribution in [2.24, 2.45) is 0 Å². The van der Waals surface area contributed by atoms with E-state index in [0.717, 1.165) is 5.56 Å². The van der Waals surface area contributed by atoms with E-state index >= 15 is 0 Å². The van der Waals surface area contributed by atoms with Gasteiger partial charge in [-0.05, 0) is 37.2 Å². The van der Waals surface area contributed by atoms with Crippen molar-refractivity contribution in [3.05, 3.63) is 59.7 Å². The van der Waals surface area contributed by atoms with E-state index in [-0.39, 0.29) is 23.1 Å². The van der Waals surface area contributed by atoms with Crippen LogP contribution in [0.2, 0.25) is 0 Å². The van der Waals surface area contributed by atoms with Crippen molar-refractivity contribution in [2.45, 2.75) is 31.2 Å². The number of hydrogen-bond acceptors (Lipinski definition) is 4. The summed E-state index contributed by atoms with van der Waals surface area (Å²) < 4.78 is 26.4. The summed E-state index contributed by atoms with van der Waals surface area (Å²) in [4.78, 5) is 24.0. The molecule has 0 saturated carbocycles. The fraction of sp³-hybridized carbons (Fsp3) is 0.263. The van der Waals surface area contributed by atoms with Crippen LogP contribution in [0.1, 0.15) is 30.5 Å². The summed E-state index contributed by atoms with van der Waals surface area (Å²) in [5.41, 5.74) is 1.75. The predicted octanol–water partition coefficient (Wildman–Crippen LogP) is 2.11. The third-order valence-electron chi connectivity index (χ3n) is 4.00. The van der Waals surface area contributed by atoms with E-state index in [2.05, 4.69) is 15.4 Å². The minimum absolute atomic E-state index is 0.0194. The topological polar surface area (TPSA) is 104 Å². The van der Waals surface area contributed by atoms with Crippen LogP contribution in [-0.4, -0.2) is 27.3 Å². The molecule has 7 nitrogen and oxygen atoms in total. The highest BCUT2D eigenvalue weighted by atomic mass is 32.2. The zero-order chi connectivity index (χ0) is 20.0. The summed E-state index contributed by atoms with van der Waals surface area (Å²) >= 11 is 0. The second kappa shape index (κ2) is 8.79. The van der Waals surface area contributed by atoms with Gasteiger partial charge in [-0.1, -0.05) is 36.4 Å². The number of hydrogen-bond donors (Lipinski definition) is 3. The molecule has 2 rings (SSSR count). The van der Waals surface area contributed by atoms with Crippen molar-refractivity contribution in [3.8, 4) is 0 Å². The lowest BCUT2D eigenvalue weighted by Gasteiger charge is -2.18. The van der Waals surface area contributed by atoms with Crippen molar-refractivity contribution in [1.82, 2.24) is 10.0 Å². The van der Waals surface area contributed by atoms with Gasteiger partial charge in [-0.2, -0.15) is 0 Å². The van der Waals surface area contributed by atoms with Crippen molar-refractivity contribution >= 4 is 27.5 Å². The van der Waals surface area contributed by atoms with Crippen molar-refractivity contribution in [1.29, 1.82) is 0 Å². The van der Waals surface area contributed by atoms with Crippen LogP contribution in [0.5, 0.6) is 0 Å². The van der Waals surface area contributed by atoms with Gasteiger partial charge in [0.1, 0.15) is 0 Å². The van der Waals surface area contributed by atoms with Gasteiger partial charge >= 0.3 is 0 Å². The van der Waals surface area contributed by atoms with Crippen LogP contribution in [0, 0.1) is 6.92 Å². The Labute approximate surface area is 159 Å². The van der Waals surface area contributed by atoms with Gasteiger partial charge in [-0.25, -0.2) is 13.1 Å². The normalized spacial score (nSPS) is 12.3. The molecule has 27 heavy (non-hydrogen) atoms. The third-order valence-corrected chi connectivity index (χ3v) is 5.56. The summed E-state index contributed by atoms with van der Waals surface area (Å²) in [5.74, 6) is -0.580. The van der Waals surface area contributed by atoms with Crippen LogP contribution in [0.3, 0.4) is 0 Å². The number of aryl methyl sites for hydroxylation is 1. The monoisotopic (exact) mass is 389 g/mol. The number of carbonyl (C=O) groups excluding carboxylic acids is 2. The molecular formula is C19H23N3O4S. The van der Waals surface area contributed by atoms with Crippen molar-refractivity contribution in [3.63, 3.8) is 0 Å². The van der Waals surface area contributed by atoms with E-state index < -0.39 is 16.1 Å². The maximum absolute atomic E-state index is 12.5. The van der Waals surface area contributed by atoms with Crippen LogP contribution < -0.4 is 15.4 Å². The Morgan fingerprint density at radius 2 is 1.74 bits per heavy atom. The van der Waals surface area contributed by atoms with Crippen LogP contribution in [0.4, 0.5) is 5.69 Å². The molecule has 2 amide bonds. The number of sulfonamides is 1. The summed E-state index contributed by atoms with van der Waals surface area (Å²) in [6, 6.07) is 13.4. The molecule has 0 fully saturated rings. The highest BCUT2D eigenvalue weighted by molar-refractivity contribution is 7.89. The second-order valence-corrected chi connectivity index (χ2v) is 7.96. The summed E-state index contributed by atoms with van der Waals surface area (Å²) in [7, 11) is -2.30. The molecule has 0 bridgehead atoms. The number of amides is 2. The van der Waals surface area contributed by atoms with E-state index in [1.807, 2.05) is 30.3 Å². The van der Waals surface area contributed by atoms with Crippen LogP contribution >= 0.6 is 0 Å². The first-order valence-electron chi connectivity index (χ1n) is 8.39. The molecule has 3 N–H and O–H groups in total. The summed E-state index contributed by atoms with van der Waals surface area (Å²) in [5, 5.41) is 5.46. The first kappa shape index (κ1) is 20.6. The van der Waals surface area contributed by atoms with Crippen molar-refractivity contribution < 1.29 is 18.0 Å². The van der Waals surface area contributed by atoms with Crippen molar-refractivity contribution in [2.75, 3.05) is 12.4 Å². The Hall–Kier alpha value is -2.71. The number of anilines is 1. The molecule has 8 heteroatoms. The van der Waals surface area contributed by atoms with Gasteiger partial charge in [0.15, 0.2) is 0 Å². The molecule has 0 unspecified atom stereocenters. The molecule has 0 aliphatic rings. The molecule has 2 aromatic rings. The maximum Gasteiger partial charge on any atom is 0.240 e. The number of benzene rings is 2. The molecule has 0 heterocycles. The van der Waals surface area contributed by atoms with Crippen LogP contribution in [-0.2, 0) is 19.6 Å². The van der Waals surface area contributed by atoms with Gasteiger partial charge in [0.2, 0.25) is 21.8 Å². The standard InChI is InChI=1S/C19H23N3O4S/c1-13-9-10-16(11-18(13)27(25,26)20-3)22-19(24)12-17(21-14(2)23)15-7-5-4-6-8-15/h4-11,17,20H,12H2,1-3H3,(H,21,23)(H,22,24)/t17-/m0/s1. The zero-order valence-electron chi connectivity index (χ0n) is 15.4. The maximum atomic E-state index is 12.5. The average Bonchev–Trinajstić information content (AvgIpc) is 2.63. The van der Waals surface area contributed by atoms with E-state index in [9.17, 15) is 18.0 Å². The fourth-order valence-corrected chi connectivity index (χ4v) is 3.65. The SMILES string of the molecule is CNS(=O)(=O)c1cc(NC(=O)C[C@H](NC(C)=O)c2ccccc2)ccc1C. The first-order valence-corrected chi connectivity index (χ1v) is 9.87. The molecule has 0 aliphatic carbocycles. The van der Waals surface area contributed by atoms with Crippen LogP contribution in [0.25, 0.3) is 0 Å². The molecule has 0 radical (unpaired) electrons. The van der Waals surface area contributed by atoms with Gasteiger partial charge < -0.3 is 10.6 Å². The number of nitrogens with one attached hydrogen (secondary N) is 3. The van der Waals surface area contributed by atoms with Gasteiger partial charge in [0, 0.05) is 12.6 Å². The fourth-order valence-electron chi connectivity index (χ4n) is 2.66. The van der Waals surface area contributed by atoms with Gasteiger partial charge in [-0.15, -0.1) is 0 Å². The molecule has 0 saturated heterocycles. The van der Waals surface area contributed by atoms with Gasteiger partial charge in [0.05, 0.1) is 17.4 Å². The van der Waals surface area contributed by atoms with E-state index in [1.54, 1.807) is 19.1 Å². The third kappa shape index (κ3) is 5.63. The Kier molecular flexibility index (Phi) is 6.70. The second-order valence-electron chi connectivity index (χ2n) is 6.10. The average molecular weight is 389 g/mol. The number of carbonyl (C=O) groups is 2. The lowest BCUT2D eigenvalue weighted by Crippen LogP contribution is -2.29. The Morgan fingerprint density at radius 1 is 1.07 bits per heavy atom. The lowest BCUT2D eigenvalue weighted by atomic mass is 10.0. The molecule has 2 aromatic carbocycles. The predicted molar refractivity (Wildman–Crippen MR) is 104 cm³/mol. The van der Waals surface area contributed by atoms with Gasteiger partial charge in [0.25, 0.3) is 0 Å². The zero-order valence-corrected chi connectivity index (χ0v) is 16.3.